The second-order valence-corrected chi connectivity index (χ2v) is 16.4. The van der Waals surface area contributed by atoms with E-state index in [4.69, 9.17) is 0 Å². The minimum absolute atomic E-state index is 0.0377. The van der Waals surface area contributed by atoms with Gasteiger partial charge in [0.25, 0.3) is 0 Å². The monoisotopic (exact) mass is 656 g/mol. The lowest BCUT2D eigenvalue weighted by Crippen LogP contribution is -2.60. The molecule has 9 heteroatoms. The lowest BCUT2D eigenvalue weighted by molar-refractivity contribution is -0.132. The fraction of sp³-hybridized carbons (Fsp3) is 0.324. The van der Waals surface area contributed by atoms with E-state index in [-0.39, 0.29) is 35.0 Å². The summed E-state index contributed by atoms with van der Waals surface area (Å²) in [6.45, 7) is 7.69. The van der Waals surface area contributed by atoms with E-state index in [9.17, 15) is 21.6 Å². The number of hydrogen-bond acceptors (Lipinski definition) is 5. The molecule has 0 radical (unpaired) electrons. The number of rotatable bonds is 7. The highest BCUT2D eigenvalue weighted by Gasteiger charge is 2.54. The van der Waals surface area contributed by atoms with Gasteiger partial charge in [0.15, 0.2) is 0 Å². The van der Waals surface area contributed by atoms with E-state index < -0.39 is 44.1 Å². The van der Waals surface area contributed by atoms with Crippen LogP contribution in [0.1, 0.15) is 65.2 Å². The summed E-state index contributed by atoms with van der Waals surface area (Å²) in [6, 6.07) is 26.8. The zero-order valence-electron chi connectivity index (χ0n) is 26.6. The zero-order chi connectivity index (χ0) is 32.8. The quantitative estimate of drug-likeness (QED) is 0.221. The van der Waals surface area contributed by atoms with E-state index in [1.54, 1.807) is 48.5 Å². The molecule has 7 nitrogen and oxygen atoms in total. The van der Waals surface area contributed by atoms with Gasteiger partial charge in [-0.3, -0.25) is 4.79 Å². The molecule has 2 heterocycles. The first-order valence-corrected chi connectivity index (χ1v) is 18.6. The van der Waals surface area contributed by atoms with Gasteiger partial charge in [-0.15, -0.1) is 0 Å². The van der Waals surface area contributed by atoms with Crippen molar-refractivity contribution in [1.82, 2.24) is 8.61 Å². The van der Waals surface area contributed by atoms with Crippen LogP contribution in [-0.4, -0.2) is 43.8 Å². The Balaban J connectivity index is 1.51. The second kappa shape index (κ2) is 12.5. The molecular formula is C37H40N2O5S2. The first-order valence-electron chi connectivity index (χ1n) is 15.8. The summed E-state index contributed by atoms with van der Waals surface area (Å²) >= 11 is 0. The largest absolute Gasteiger partial charge is 0.299 e. The van der Waals surface area contributed by atoms with Crippen LogP contribution < -0.4 is 0 Å². The third-order valence-corrected chi connectivity index (χ3v) is 13.4. The maximum absolute atomic E-state index is 14.7. The Kier molecular flexibility index (Phi) is 8.80. The number of carbonyl (C=O) groups is 1. The van der Waals surface area contributed by atoms with Gasteiger partial charge >= 0.3 is 0 Å². The Hall–Kier alpha value is -3.63. The zero-order valence-corrected chi connectivity index (χ0v) is 28.3. The minimum atomic E-state index is -4.10. The van der Waals surface area contributed by atoms with Crippen LogP contribution in [0.5, 0.6) is 0 Å². The number of Topliss-reactive ketones (excluding diaryl/α,β-unsaturated/α-hetero) is 1. The van der Waals surface area contributed by atoms with Gasteiger partial charge < -0.3 is 0 Å². The van der Waals surface area contributed by atoms with Crippen molar-refractivity contribution in [3.8, 4) is 0 Å². The number of hydrogen-bond donors (Lipinski definition) is 0. The summed E-state index contributed by atoms with van der Waals surface area (Å²) in [5.74, 6) is -0.955. The average Bonchev–Trinajstić information content (AvgIpc) is 3.04. The summed E-state index contributed by atoms with van der Waals surface area (Å²) in [5, 5.41) is 0. The number of piperidine rings is 2. The number of benzene rings is 4. The van der Waals surface area contributed by atoms with Crippen molar-refractivity contribution in [3.05, 3.63) is 130 Å². The summed E-state index contributed by atoms with van der Waals surface area (Å²) in [7, 11) is -8.13. The van der Waals surface area contributed by atoms with Crippen LogP contribution in [0.15, 0.2) is 107 Å². The molecule has 0 spiro atoms. The van der Waals surface area contributed by atoms with Gasteiger partial charge in [0.2, 0.25) is 20.0 Å². The Morgan fingerprint density at radius 2 is 1.26 bits per heavy atom. The van der Waals surface area contributed by atoms with Gasteiger partial charge in [-0.1, -0.05) is 96.4 Å². The molecule has 0 amide bonds. The van der Waals surface area contributed by atoms with Gasteiger partial charge in [0.1, 0.15) is 5.78 Å². The molecule has 0 saturated carbocycles. The van der Waals surface area contributed by atoms with E-state index in [1.807, 2.05) is 69.3 Å². The van der Waals surface area contributed by atoms with E-state index in [2.05, 4.69) is 6.92 Å². The molecule has 4 aromatic carbocycles. The van der Waals surface area contributed by atoms with Crippen LogP contribution in [0.4, 0.5) is 0 Å². The number of carbonyl (C=O) groups excluding carboxylic acids is 1. The average molecular weight is 657 g/mol. The maximum Gasteiger partial charge on any atom is 0.243 e. The van der Waals surface area contributed by atoms with Crippen molar-refractivity contribution in [2.45, 2.75) is 74.9 Å². The number of nitrogens with zero attached hydrogens (tertiary/aromatic N) is 2. The predicted molar refractivity (Wildman–Crippen MR) is 179 cm³/mol. The van der Waals surface area contributed by atoms with Crippen LogP contribution >= 0.6 is 0 Å². The first kappa shape index (κ1) is 32.3. The summed E-state index contributed by atoms with van der Waals surface area (Å²) in [6.07, 6.45) is 0.931. The smallest absolute Gasteiger partial charge is 0.243 e. The van der Waals surface area contributed by atoms with Gasteiger partial charge in [0.05, 0.1) is 21.9 Å². The molecule has 0 unspecified atom stereocenters. The highest BCUT2D eigenvalue weighted by molar-refractivity contribution is 7.89. The number of sulfonamides is 2. The van der Waals surface area contributed by atoms with Gasteiger partial charge in [-0.25, -0.2) is 16.8 Å². The summed E-state index contributed by atoms with van der Waals surface area (Å²) in [4.78, 5) is 14.4. The maximum atomic E-state index is 14.7. The second-order valence-electron chi connectivity index (χ2n) is 12.7. The van der Waals surface area contributed by atoms with Crippen LogP contribution in [0, 0.1) is 26.7 Å². The van der Waals surface area contributed by atoms with Crippen molar-refractivity contribution < 1.29 is 21.6 Å². The molecule has 6 rings (SSSR count). The Morgan fingerprint density at radius 1 is 0.674 bits per heavy atom. The minimum Gasteiger partial charge on any atom is -0.299 e. The first-order chi connectivity index (χ1) is 21.9. The van der Waals surface area contributed by atoms with E-state index in [0.717, 1.165) is 39.8 Å². The van der Waals surface area contributed by atoms with Crippen LogP contribution in [0.25, 0.3) is 0 Å². The molecule has 2 saturated heterocycles. The topological polar surface area (TPSA) is 91.8 Å². The lowest BCUT2D eigenvalue weighted by Gasteiger charge is -2.51. The highest BCUT2D eigenvalue weighted by atomic mass is 32.2. The summed E-state index contributed by atoms with van der Waals surface area (Å²) < 4.78 is 61.0. The van der Waals surface area contributed by atoms with Crippen molar-refractivity contribution in [1.29, 1.82) is 0 Å². The summed E-state index contributed by atoms with van der Waals surface area (Å²) in [5.41, 5.74) is 5.47. The molecule has 4 aromatic rings. The Morgan fingerprint density at radius 3 is 1.83 bits per heavy atom. The normalized spacial score (nSPS) is 22.8. The van der Waals surface area contributed by atoms with Crippen LogP contribution in [0.3, 0.4) is 0 Å². The van der Waals surface area contributed by atoms with E-state index in [0.29, 0.717) is 0 Å². The van der Waals surface area contributed by atoms with Crippen LogP contribution in [0.2, 0.25) is 0 Å². The fourth-order valence-corrected chi connectivity index (χ4v) is 10.4. The molecule has 0 aliphatic carbocycles. The molecule has 0 N–H and O–H groups in total. The molecule has 0 bridgehead atoms. The number of aryl methyl sites for hydroxylation is 4. The van der Waals surface area contributed by atoms with Crippen molar-refractivity contribution in [2.75, 3.05) is 6.54 Å². The molecule has 2 aliphatic rings. The van der Waals surface area contributed by atoms with Crippen molar-refractivity contribution in [2.24, 2.45) is 5.92 Å². The molecule has 46 heavy (non-hydrogen) atoms. The Bertz CT molecular complexity index is 1960. The molecule has 240 valence electrons. The predicted octanol–water partition coefficient (Wildman–Crippen LogP) is 6.70. The molecular weight excluding hydrogens is 617 g/mol. The van der Waals surface area contributed by atoms with E-state index >= 15 is 0 Å². The fourth-order valence-electron chi connectivity index (χ4n) is 6.92. The van der Waals surface area contributed by atoms with Crippen molar-refractivity contribution >= 4 is 25.8 Å². The molecule has 2 aliphatic heterocycles. The van der Waals surface area contributed by atoms with Gasteiger partial charge in [0, 0.05) is 24.9 Å². The Labute approximate surface area is 273 Å². The molecule has 2 fully saturated rings. The molecule has 4 atom stereocenters. The van der Waals surface area contributed by atoms with Gasteiger partial charge in [-0.2, -0.15) is 8.61 Å². The third kappa shape index (κ3) is 5.97. The molecule has 0 aromatic heterocycles. The van der Waals surface area contributed by atoms with E-state index in [1.165, 1.54) is 8.61 Å². The van der Waals surface area contributed by atoms with Crippen molar-refractivity contribution in [3.63, 3.8) is 0 Å². The SMILES string of the molecule is CCc1ccc([C@@H]2C[C@H]3[C@@H](CN2S(=O)(=O)c2ccc(C)cc2)C(=O)C[C@@H](c2cccc(C)c2)N3S(=O)(=O)c2ccc(C)cc2)cc1. The standard InChI is InChI=1S/C37H40N2O5S2/c1-5-28-13-15-29(16-14-28)34-22-36-33(24-38(34)45(41,42)31-17-9-25(2)10-18-31)37(40)23-35(30-8-6-7-27(4)21-30)39(36)46(43,44)32-19-11-26(3)12-20-32/h6-21,33-36H,5,22-24H2,1-4H3/t33-,34+,35+,36+/m1/s1. The highest BCUT2D eigenvalue weighted by Crippen LogP contribution is 2.48. The third-order valence-electron chi connectivity index (χ3n) is 9.52. The van der Waals surface area contributed by atoms with Crippen LogP contribution in [-0.2, 0) is 31.3 Å². The lowest BCUT2D eigenvalue weighted by atomic mass is 9.77. The number of fused-ring (bicyclic) bond motifs is 1. The number of ketones is 1. The van der Waals surface area contributed by atoms with Gasteiger partial charge in [-0.05, 0) is 74.6 Å².